The van der Waals surface area contributed by atoms with Gasteiger partial charge in [0.25, 0.3) is 0 Å². The third kappa shape index (κ3) is 4.98. The number of H-pyrrole nitrogens is 1. The van der Waals surface area contributed by atoms with Crippen LogP contribution in [0.2, 0.25) is 0 Å². The Morgan fingerprint density at radius 1 is 0.973 bits per heavy atom. The maximum atomic E-state index is 13.7. The summed E-state index contributed by atoms with van der Waals surface area (Å²) in [5.74, 6) is -0.346. The number of amides is 1. The quantitative estimate of drug-likeness (QED) is 0.307. The SMILES string of the molecule is O=C(NC(c1ccc(F)cc1)c1ccc2ccccc2n1)C1CCN(Cc2c[nH]c3ccccc23)CC1. The lowest BCUT2D eigenvalue weighted by Crippen LogP contribution is -2.41. The molecule has 0 radical (unpaired) electrons. The summed E-state index contributed by atoms with van der Waals surface area (Å²) in [5.41, 5.74) is 4.87. The number of aromatic amines is 1. The van der Waals surface area contributed by atoms with Crippen molar-refractivity contribution >= 4 is 27.7 Å². The van der Waals surface area contributed by atoms with Gasteiger partial charge in [-0.1, -0.05) is 54.6 Å². The molecule has 0 saturated carbocycles. The van der Waals surface area contributed by atoms with Crippen LogP contribution in [0.15, 0.2) is 91.1 Å². The van der Waals surface area contributed by atoms with Crippen LogP contribution in [0.25, 0.3) is 21.8 Å². The number of nitrogens with one attached hydrogen (secondary N) is 2. The van der Waals surface area contributed by atoms with E-state index in [4.69, 9.17) is 4.98 Å². The first kappa shape index (κ1) is 23.4. The van der Waals surface area contributed by atoms with E-state index in [-0.39, 0.29) is 17.6 Å². The van der Waals surface area contributed by atoms with Crippen LogP contribution in [0.1, 0.15) is 35.7 Å². The molecule has 0 bridgehead atoms. The Balaban J connectivity index is 1.16. The highest BCUT2D eigenvalue weighted by Crippen LogP contribution is 2.27. The molecule has 1 saturated heterocycles. The van der Waals surface area contributed by atoms with Crippen molar-refractivity contribution in [2.75, 3.05) is 13.1 Å². The zero-order chi connectivity index (χ0) is 25.2. The fourth-order valence-electron chi connectivity index (χ4n) is 5.34. The summed E-state index contributed by atoms with van der Waals surface area (Å²) in [6.07, 6.45) is 3.69. The average molecular weight is 493 g/mol. The van der Waals surface area contributed by atoms with Gasteiger partial charge in [0.2, 0.25) is 5.91 Å². The number of nitrogens with zero attached hydrogens (tertiary/aromatic N) is 2. The molecule has 37 heavy (non-hydrogen) atoms. The first-order valence-corrected chi connectivity index (χ1v) is 12.8. The van der Waals surface area contributed by atoms with E-state index in [1.807, 2.05) is 42.5 Å². The Morgan fingerprint density at radius 3 is 2.57 bits per heavy atom. The zero-order valence-corrected chi connectivity index (χ0v) is 20.5. The number of piperidine rings is 1. The number of pyridine rings is 1. The second-order valence-corrected chi connectivity index (χ2v) is 9.83. The van der Waals surface area contributed by atoms with Crippen molar-refractivity contribution < 1.29 is 9.18 Å². The van der Waals surface area contributed by atoms with Gasteiger partial charge in [-0.15, -0.1) is 0 Å². The first-order chi connectivity index (χ1) is 18.1. The number of carbonyl (C=O) groups excluding carboxylic acids is 1. The van der Waals surface area contributed by atoms with Crippen LogP contribution in [0.5, 0.6) is 0 Å². The van der Waals surface area contributed by atoms with Gasteiger partial charge < -0.3 is 10.3 Å². The summed E-state index contributed by atoms with van der Waals surface area (Å²) in [6.45, 7) is 2.61. The molecule has 6 rings (SSSR count). The maximum Gasteiger partial charge on any atom is 0.224 e. The molecule has 1 aliphatic rings. The average Bonchev–Trinajstić information content (AvgIpc) is 3.35. The number of likely N-dealkylation sites (tertiary alicyclic amines) is 1. The van der Waals surface area contributed by atoms with Gasteiger partial charge in [0.05, 0.1) is 17.3 Å². The summed E-state index contributed by atoms with van der Waals surface area (Å²) in [7, 11) is 0. The molecule has 1 unspecified atom stereocenters. The van der Waals surface area contributed by atoms with Gasteiger partial charge in [-0.3, -0.25) is 14.7 Å². The van der Waals surface area contributed by atoms with Crippen molar-refractivity contribution in [2.45, 2.75) is 25.4 Å². The highest BCUT2D eigenvalue weighted by atomic mass is 19.1. The number of aromatic nitrogens is 2. The number of hydrogen-bond donors (Lipinski definition) is 2. The van der Waals surface area contributed by atoms with Crippen LogP contribution in [0.4, 0.5) is 4.39 Å². The van der Waals surface area contributed by atoms with Crippen LogP contribution < -0.4 is 5.32 Å². The maximum absolute atomic E-state index is 13.7. The number of benzene rings is 3. The summed E-state index contributed by atoms with van der Waals surface area (Å²) >= 11 is 0. The molecule has 3 aromatic carbocycles. The fourth-order valence-corrected chi connectivity index (χ4v) is 5.34. The predicted octanol–water partition coefficient (Wildman–Crippen LogP) is 5.97. The second kappa shape index (κ2) is 10.1. The largest absolute Gasteiger partial charge is 0.361 e. The molecule has 5 aromatic rings. The van der Waals surface area contributed by atoms with Crippen molar-refractivity contribution in [3.05, 3.63) is 114 Å². The van der Waals surface area contributed by atoms with E-state index in [1.54, 1.807) is 12.1 Å². The number of rotatable bonds is 6. The van der Waals surface area contributed by atoms with Crippen molar-refractivity contribution in [3.63, 3.8) is 0 Å². The van der Waals surface area contributed by atoms with E-state index in [0.29, 0.717) is 0 Å². The van der Waals surface area contributed by atoms with E-state index in [9.17, 15) is 9.18 Å². The van der Waals surface area contributed by atoms with Crippen LogP contribution >= 0.6 is 0 Å². The minimum atomic E-state index is -0.443. The molecule has 1 amide bonds. The van der Waals surface area contributed by atoms with Crippen molar-refractivity contribution in [1.82, 2.24) is 20.2 Å². The lowest BCUT2D eigenvalue weighted by atomic mass is 9.94. The number of hydrogen-bond acceptors (Lipinski definition) is 3. The Kier molecular flexibility index (Phi) is 6.41. The van der Waals surface area contributed by atoms with Gasteiger partial charge in [-0.25, -0.2) is 4.39 Å². The molecule has 1 aliphatic heterocycles. The summed E-state index contributed by atoms with van der Waals surface area (Å²) in [6, 6.07) is 26.1. The monoisotopic (exact) mass is 492 g/mol. The van der Waals surface area contributed by atoms with Gasteiger partial charge in [0.1, 0.15) is 5.82 Å². The smallest absolute Gasteiger partial charge is 0.224 e. The summed E-state index contributed by atoms with van der Waals surface area (Å²) in [5, 5.41) is 5.54. The molecule has 6 heteroatoms. The van der Waals surface area contributed by atoms with Crippen LogP contribution in [0, 0.1) is 11.7 Å². The molecule has 1 fully saturated rings. The van der Waals surface area contributed by atoms with Gasteiger partial charge in [-0.05, 0) is 67.4 Å². The van der Waals surface area contributed by atoms with Crippen LogP contribution in [-0.4, -0.2) is 33.9 Å². The number of carbonyl (C=O) groups is 1. The van der Waals surface area contributed by atoms with Crippen LogP contribution in [0.3, 0.4) is 0 Å². The molecule has 2 N–H and O–H groups in total. The zero-order valence-electron chi connectivity index (χ0n) is 20.5. The minimum Gasteiger partial charge on any atom is -0.361 e. The van der Waals surface area contributed by atoms with Crippen LogP contribution in [-0.2, 0) is 11.3 Å². The molecule has 3 heterocycles. The fraction of sp³-hybridized carbons (Fsp3) is 0.226. The van der Waals surface area contributed by atoms with Gasteiger partial charge in [0.15, 0.2) is 0 Å². The second-order valence-electron chi connectivity index (χ2n) is 9.83. The molecular formula is C31H29FN4O. The number of para-hydroxylation sites is 2. The minimum absolute atomic E-state index is 0.0241. The molecule has 0 aliphatic carbocycles. The molecule has 2 aromatic heterocycles. The van der Waals surface area contributed by atoms with E-state index >= 15 is 0 Å². The molecule has 1 atom stereocenters. The highest BCUT2D eigenvalue weighted by Gasteiger charge is 2.28. The Hall–Kier alpha value is -4.03. The Morgan fingerprint density at radius 2 is 1.73 bits per heavy atom. The molecular weight excluding hydrogens is 463 g/mol. The van der Waals surface area contributed by atoms with Crippen molar-refractivity contribution in [3.8, 4) is 0 Å². The summed E-state index contributed by atoms with van der Waals surface area (Å²) < 4.78 is 13.7. The van der Waals surface area contributed by atoms with Crippen molar-refractivity contribution in [2.24, 2.45) is 5.92 Å². The predicted molar refractivity (Wildman–Crippen MR) is 144 cm³/mol. The topological polar surface area (TPSA) is 61.0 Å². The van der Waals surface area contributed by atoms with E-state index < -0.39 is 6.04 Å². The molecule has 0 spiro atoms. The first-order valence-electron chi connectivity index (χ1n) is 12.8. The number of fused-ring (bicyclic) bond motifs is 2. The third-order valence-electron chi connectivity index (χ3n) is 7.43. The van der Waals surface area contributed by atoms with Crippen molar-refractivity contribution in [1.29, 1.82) is 0 Å². The van der Waals surface area contributed by atoms with Gasteiger partial charge in [-0.2, -0.15) is 0 Å². The Bertz CT molecular complexity index is 1540. The Labute approximate surface area is 215 Å². The normalized spacial score (nSPS) is 15.7. The van der Waals surface area contributed by atoms with E-state index in [0.717, 1.165) is 60.2 Å². The van der Waals surface area contributed by atoms with E-state index in [2.05, 4.69) is 39.6 Å². The lowest BCUT2D eigenvalue weighted by molar-refractivity contribution is -0.127. The molecule has 5 nitrogen and oxygen atoms in total. The third-order valence-corrected chi connectivity index (χ3v) is 7.43. The van der Waals surface area contributed by atoms with Gasteiger partial charge in [0, 0.05) is 34.9 Å². The van der Waals surface area contributed by atoms with Gasteiger partial charge >= 0.3 is 0 Å². The lowest BCUT2D eigenvalue weighted by Gasteiger charge is -2.32. The summed E-state index contributed by atoms with van der Waals surface area (Å²) in [4.78, 5) is 24.0. The highest BCUT2D eigenvalue weighted by molar-refractivity contribution is 5.83. The standard InChI is InChI=1S/C31H29FN4O/c32-25-12-9-22(10-13-25)30(29-14-11-21-5-1-3-7-27(21)34-29)35-31(37)23-15-17-36(18-16-23)20-24-19-33-28-8-4-2-6-26(24)28/h1-14,19,23,30,33H,15-18,20H2,(H,35,37). The molecule has 186 valence electrons. The van der Waals surface area contributed by atoms with E-state index in [1.165, 1.54) is 23.1 Å². The number of halogens is 1.